The number of nitro groups is 1. The van der Waals surface area contributed by atoms with Crippen molar-refractivity contribution < 1.29 is 4.92 Å². The van der Waals surface area contributed by atoms with Crippen LogP contribution in [0.4, 0.5) is 11.5 Å². The van der Waals surface area contributed by atoms with E-state index in [1.165, 1.54) is 6.33 Å². The van der Waals surface area contributed by atoms with E-state index in [0.717, 1.165) is 6.54 Å². The average molecular weight is 260 g/mol. The highest BCUT2D eigenvalue weighted by atomic mass is 35.5. The van der Waals surface area contributed by atoms with Crippen LogP contribution in [0.2, 0.25) is 5.15 Å². The SMILES string of the molecule is CN(C)CCN(C)c1ncnc(Cl)c1[N+](=O)[O-]. The van der Waals surface area contributed by atoms with Crippen LogP contribution in [0.1, 0.15) is 0 Å². The molecule has 0 bridgehead atoms. The van der Waals surface area contributed by atoms with E-state index in [0.29, 0.717) is 6.54 Å². The van der Waals surface area contributed by atoms with Crippen LogP contribution in [0.25, 0.3) is 0 Å². The minimum Gasteiger partial charge on any atom is -0.353 e. The third-order valence-corrected chi connectivity index (χ3v) is 2.46. The quantitative estimate of drug-likeness (QED) is 0.447. The van der Waals surface area contributed by atoms with E-state index in [-0.39, 0.29) is 16.7 Å². The van der Waals surface area contributed by atoms with Gasteiger partial charge in [-0.15, -0.1) is 0 Å². The minimum atomic E-state index is -0.566. The molecule has 1 aromatic heterocycles. The van der Waals surface area contributed by atoms with Crippen LogP contribution in [-0.2, 0) is 0 Å². The van der Waals surface area contributed by atoms with Crippen molar-refractivity contribution in [2.75, 3.05) is 39.1 Å². The summed E-state index contributed by atoms with van der Waals surface area (Å²) in [6.45, 7) is 1.37. The van der Waals surface area contributed by atoms with E-state index < -0.39 is 4.92 Å². The summed E-state index contributed by atoms with van der Waals surface area (Å²) in [5.74, 6) is 0.233. The van der Waals surface area contributed by atoms with Crippen molar-refractivity contribution in [2.45, 2.75) is 0 Å². The molecule has 0 aliphatic rings. The first-order valence-electron chi connectivity index (χ1n) is 4.94. The van der Waals surface area contributed by atoms with Gasteiger partial charge in [-0.25, -0.2) is 9.97 Å². The van der Waals surface area contributed by atoms with Gasteiger partial charge in [-0.2, -0.15) is 0 Å². The molecule has 1 heterocycles. The Kier molecular flexibility index (Phi) is 4.59. The largest absolute Gasteiger partial charge is 0.353 e. The number of hydrogen-bond acceptors (Lipinski definition) is 6. The Morgan fingerprint density at radius 1 is 1.35 bits per heavy atom. The Bertz CT molecular complexity index is 412. The molecule has 7 nitrogen and oxygen atoms in total. The average Bonchev–Trinajstić information content (AvgIpc) is 2.24. The van der Waals surface area contributed by atoms with Crippen LogP contribution in [0.15, 0.2) is 6.33 Å². The number of anilines is 1. The number of aromatic nitrogens is 2. The molecule has 0 atom stereocenters. The molecular weight excluding hydrogens is 246 g/mol. The first-order valence-corrected chi connectivity index (χ1v) is 5.32. The minimum absolute atomic E-state index is 0.142. The van der Waals surface area contributed by atoms with Gasteiger partial charge in [0.2, 0.25) is 11.0 Å². The number of likely N-dealkylation sites (N-methyl/N-ethyl adjacent to an activating group) is 2. The molecule has 0 aromatic carbocycles. The first kappa shape index (κ1) is 13.6. The maximum atomic E-state index is 10.9. The molecule has 0 radical (unpaired) electrons. The third kappa shape index (κ3) is 3.50. The van der Waals surface area contributed by atoms with Gasteiger partial charge in [0.15, 0.2) is 0 Å². The summed E-state index contributed by atoms with van der Waals surface area (Å²) in [7, 11) is 5.58. The molecule has 0 saturated carbocycles. The number of rotatable bonds is 5. The van der Waals surface area contributed by atoms with Gasteiger partial charge in [-0.05, 0) is 14.1 Å². The smallest absolute Gasteiger partial charge is 0.348 e. The predicted octanol–water partition coefficient (Wildman–Crippen LogP) is 1.04. The van der Waals surface area contributed by atoms with Crippen molar-refractivity contribution in [3.8, 4) is 0 Å². The van der Waals surface area contributed by atoms with Crippen molar-refractivity contribution in [3.63, 3.8) is 0 Å². The highest BCUT2D eigenvalue weighted by Gasteiger charge is 2.23. The third-order valence-electron chi connectivity index (χ3n) is 2.19. The van der Waals surface area contributed by atoms with Crippen molar-refractivity contribution >= 4 is 23.1 Å². The van der Waals surface area contributed by atoms with Crippen LogP contribution in [0.3, 0.4) is 0 Å². The van der Waals surface area contributed by atoms with Gasteiger partial charge in [0.1, 0.15) is 6.33 Å². The van der Waals surface area contributed by atoms with Crippen LogP contribution in [0, 0.1) is 10.1 Å². The molecule has 0 fully saturated rings. The fourth-order valence-corrected chi connectivity index (χ4v) is 1.44. The molecule has 0 N–H and O–H groups in total. The van der Waals surface area contributed by atoms with Crippen LogP contribution in [0.5, 0.6) is 0 Å². The fourth-order valence-electron chi connectivity index (χ4n) is 1.24. The summed E-state index contributed by atoms with van der Waals surface area (Å²) < 4.78 is 0. The summed E-state index contributed by atoms with van der Waals surface area (Å²) >= 11 is 5.70. The highest BCUT2D eigenvalue weighted by Crippen LogP contribution is 2.30. The molecule has 8 heteroatoms. The number of nitrogens with zero attached hydrogens (tertiary/aromatic N) is 5. The lowest BCUT2D eigenvalue weighted by molar-refractivity contribution is -0.384. The Morgan fingerprint density at radius 3 is 2.53 bits per heavy atom. The molecule has 1 rings (SSSR count). The zero-order valence-electron chi connectivity index (χ0n) is 9.92. The molecule has 1 aromatic rings. The lowest BCUT2D eigenvalue weighted by Gasteiger charge is -2.20. The molecule has 0 saturated heterocycles. The van der Waals surface area contributed by atoms with Gasteiger partial charge in [0, 0.05) is 20.1 Å². The summed E-state index contributed by atoms with van der Waals surface area (Å²) in [6, 6.07) is 0. The van der Waals surface area contributed by atoms with Crippen LogP contribution in [-0.4, -0.2) is 54.0 Å². The Labute approximate surface area is 104 Å². The van der Waals surface area contributed by atoms with Crippen molar-refractivity contribution in [2.24, 2.45) is 0 Å². The lowest BCUT2D eigenvalue weighted by Crippen LogP contribution is -2.29. The molecule has 0 spiro atoms. The fraction of sp³-hybridized carbons (Fsp3) is 0.556. The number of halogens is 1. The Hall–Kier alpha value is -1.47. The summed E-state index contributed by atoms with van der Waals surface area (Å²) in [5.41, 5.74) is -0.254. The zero-order chi connectivity index (χ0) is 13.0. The Balaban J connectivity index is 2.96. The Morgan fingerprint density at radius 2 is 2.00 bits per heavy atom. The van der Waals surface area contributed by atoms with Crippen molar-refractivity contribution in [3.05, 3.63) is 21.6 Å². The summed E-state index contributed by atoms with van der Waals surface area (Å²) in [6.07, 6.45) is 1.22. The lowest BCUT2D eigenvalue weighted by atomic mass is 10.4. The second kappa shape index (κ2) is 5.74. The molecule has 94 valence electrons. The van der Waals surface area contributed by atoms with Gasteiger partial charge in [-0.3, -0.25) is 10.1 Å². The van der Waals surface area contributed by atoms with E-state index in [1.54, 1.807) is 11.9 Å². The summed E-state index contributed by atoms with van der Waals surface area (Å²) in [5, 5.41) is 10.7. The zero-order valence-corrected chi connectivity index (χ0v) is 10.7. The monoisotopic (exact) mass is 259 g/mol. The second-order valence-electron chi connectivity index (χ2n) is 3.82. The molecule has 17 heavy (non-hydrogen) atoms. The topological polar surface area (TPSA) is 75.4 Å². The van der Waals surface area contributed by atoms with Gasteiger partial charge < -0.3 is 9.80 Å². The van der Waals surface area contributed by atoms with Gasteiger partial charge in [-0.1, -0.05) is 11.6 Å². The van der Waals surface area contributed by atoms with E-state index in [1.807, 2.05) is 19.0 Å². The van der Waals surface area contributed by atoms with Gasteiger partial charge in [0.25, 0.3) is 0 Å². The van der Waals surface area contributed by atoms with Gasteiger partial charge >= 0.3 is 5.69 Å². The van der Waals surface area contributed by atoms with Crippen molar-refractivity contribution in [1.82, 2.24) is 14.9 Å². The highest BCUT2D eigenvalue weighted by molar-refractivity contribution is 6.31. The van der Waals surface area contributed by atoms with E-state index >= 15 is 0 Å². The molecule has 0 unspecified atom stereocenters. The van der Waals surface area contributed by atoms with Crippen LogP contribution < -0.4 is 4.90 Å². The van der Waals surface area contributed by atoms with E-state index in [9.17, 15) is 10.1 Å². The van der Waals surface area contributed by atoms with E-state index in [2.05, 4.69) is 9.97 Å². The van der Waals surface area contributed by atoms with Gasteiger partial charge in [0.05, 0.1) is 4.92 Å². The second-order valence-corrected chi connectivity index (χ2v) is 4.18. The molecule has 0 aliphatic carbocycles. The normalized spacial score (nSPS) is 10.6. The molecule has 0 amide bonds. The predicted molar refractivity (Wildman–Crippen MR) is 65.5 cm³/mol. The first-order chi connectivity index (χ1) is 7.93. The van der Waals surface area contributed by atoms with Crippen LogP contribution >= 0.6 is 11.6 Å². The van der Waals surface area contributed by atoms with E-state index in [4.69, 9.17) is 11.6 Å². The van der Waals surface area contributed by atoms with Crippen molar-refractivity contribution in [1.29, 1.82) is 0 Å². The number of hydrogen-bond donors (Lipinski definition) is 0. The standard InChI is InChI=1S/C9H14ClN5O2/c1-13(2)4-5-14(3)9-7(15(16)17)8(10)11-6-12-9/h6H,4-5H2,1-3H3. The summed E-state index contributed by atoms with van der Waals surface area (Å²) in [4.78, 5) is 21.5. The molecule has 0 aliphatic heterocycles. The maximum Gasteiger partial charge on any atom is 0.348 e. The molecular formula is C9H14ClN5O2. The maximum absolute atomic E-state index is 10.9.